The van der Waals surface area contributed by atoms with Crippen molar-refractivity contribution >= 4 is 11.8 Å². The lowest BCUT2D eigenvalue weighted by Gasteiger charge is -2.18. The Morgan fingerprint density at radius 2 is 1.57 bits per heavy atom. The van der Waals surface area contributed by atoms with Crippen LogP contribution in [0.15, 0.2) is 60.7 Å². The standard InChI is InChI=1S/C18H21NO4/c1-19(16-8-4-2-5-9-16)12-13-21-14-15-22-18(20)23-17-10-6-3-7-11-17/h2-11H,12-15H2,1H3. The topological polar surface area (TPSA) is 48.0 Å². The fourth-order valence-corrected chi connectivity index (χ4v) is 1.91. The third-order valence-corrected chi connectivity index (χ3v) is 3.16. The second-order valence-corrected chi connectivity index (χ2v) is 4.88. The van der Waals surface area contributed by atoms with E-state index < -0.39 is 6.16 Å². The average Bonchev–Trinajstić information content (AvgIpc) is 2.59. The molecule has 0 radical (unpaired) electrons. The normalized spacial score (nSPS) is 10.1. The van der Waals surface area contributed by atoms with Crippen LogP contribution in [0.2, 0.25) is 0 Å². The molecule has 2 aromatic carbocycles. The molecule has 0 saturated carbocycles. The average molecular weight is 315 g/mol. The van der Waals surface area contributed by atoms with E-state index in [-0.39, 0.29) is 6.61 Å². The molecule has 0 aliphatic carbocycles. The van der Waals surface area contributed by atoms with Crippen molar-refractivity contribution in [2.75, 3.05) is 38.3 Å². The minimum Gasteiger partial charge on any atom is -0.432 e. The van der Waals surface area contributed by atoms with Crippen molar-refractivity contribution in [3.05, 3.63) is 60.7 Å². The lowest BCUT2D eigenvalue weighted by Crippen LogP contribution is -2.23. The molecule has 0 atom stereocenters. The Balaban J connectivity index is 1.53. The first-order valence-corrected chi connectivity index (χ1v) is 7.49. The van der Waals surface area contributed by atoms with E-state index in [1.165, 1.54) is 0 Å². The van der Waals surface area contributed by atoms with Crippen LogP contribution in [0.4, 0.5) is 10.5 Å². The highest BCUT2D eigenvalue weighted by Gasteiger charge is 2.05. The third kappa shape index (κ3) is 6.40. The van der Waals surface area contributed by atoms with Crippen molar-refractivity contribution < 1.29 is 19.0 Å². The number of carbonyl (C=O) groups excluding carboxylic acids is 1. The molecule has 0 aliphatic rings. The molecule has 2 rings (SSSR count). The summed E-state index contributed by atoms with van der Waals surface area (Å²) in [5.74, 6) is 0.461. The van der Waals surface area contributed by atoms with Crippen molar-refractivity contribution in [3.8, 4) is 5.75 Å². The molecule has 0 N–H and O–H groups in total. The number of nitrogens with zero attached hydrogens (tertiary/aromatic N) is 1. The molecule has 0 heterocycles. The highest BCUT2D eigenvalue weighted by Crippen LogP contribution is 2.10. The number of likely N-dealkylation sites (N-methyl/N-ethyl adjacent to an activating group) is 1. The van der Waals surface area contributed by atoms with Gasteiger partial charge in [-0.2, -0.15) is 0 Å². The highest BCUT2D eigenvalue weighted by molar-refractivity contribution is 5.63. The number of rotatable bonds is 8. The molecule has 0 amide bonds. The molecule has 0 unspecified atom stereocenters. The summed E-state index contributed by atoms with van der Waals surface area (Å²) >= 11 is 0. The van der Waals surface area contributed by atoms with Gasteiger partial charge in [-0.15, -0.1) is 0 Å². The van der Waals surface area contributed by atoms with Crippen LogP contribution in [0.5, 0.6) is 5.75 Å². The molecule has 23 heavy (non-hydrogen) atoms. The summed E-state index contributed by atoms with van der Waals surface area (Å²) in [4.78, 5) is 13.5. The van der Waals surface area contributed by atoms with Gasteiger partial charge in [0.05, 0.1) is 13.2 Å². The first-order chi connectivity index (χ1) is 11.3. The van der Waals surface area contributed by atoms with Crippen molar-refractivity contribution in [1.82, 2.24) is 0 Å². The summed E-state index contributed by atoms with van der Waals surface area (Å²) < 4.78 is 15.4. The van der Waals surface area contributed by atoms with Gasteiger partial charge in [-0.25, -0.2) is 4.79 Å². The summed E-state index contributed by atoms with van der Waals surface area (Å²) in [5.41, 5.74) is 1.14. The van der Waals surface area contributed by atoms with E-state index in [2.05, 4.69) is 4.90 Å². The fourth-order valence-electron chi connectivity index (χ4n) is 1.91. The quantitative estimate of drug-likeness (QED) is 0.425. The van der Waals surface area contributed by atoms with Crippen LogP contribution < -0.4 is 9.64 Å². The van der Waals surface area contributed by atoms with E-state index in [1.807, 2.05) is 43.4 Å². The van der Waals surface area contributed by atoms with Gasteiger partial charge in [0.15, 0.2) is 0 Å². The molecule has 0 saturated heterocycles. The van der Waals surface area contributed by atoms with Crippen molar-refractivity contribution in [2.24, 2.45) is 0 Å². The maximum absolute atomic E-state index is 11.4. The first kappa shape index (κ1) is 16.8. The van der Waals surface area contributed by atoms with Crippen LogP contribution in [0.25, 0.3) is 0 Å². The fraction of sp³-hybridized carbons (Fsp3) is 0.278. The number of carbonyl (C=O) groups is 1. The van der Waals surface area contributed by atoms with E-state index in [0.717, 1.165) is 12.2 Å². The van der Waals surface area contributed by atoms with E-state index >= 15 is 0 Å². The zero-order chi connectivity index (χ0) is 16.3. The SMILES string of the molecule is CN(CCOCCOC(=O)Oc1ccccc1)c1ccccc1. The molecular formula is C18H21NO4. The van der Waals surface area contributed by atoms with Crippen LogP contribution in [-0.4, -0.2) is 39.6 Å². The molecular weight excluding hydrogens is 294 g/mol. The Kier molecular flexibility index (Phi) is 6.94. The molecule has 5 nitrogen and oxygen atoms in total. The van der Waals surface area contributed by atoms with E-state index in [9.17, 15) is 4.79 Å². The first-order valence-electron chi connectivity index (χ1n) is 7.49. The molecule has 0 aliphatic heterocycles. The van der Waals surface area contributed by atoms with Crippen LogP contribution in [-0.2, 0) is 9.47 Å². The molecule has 0 fully saturated rings. The Labute approximate surface area is 136 Å². The molecule has 0 bridgehead atoms. The third-order valence-electron chi connectivity index (χ3n) is 3.16. The van der Waals surface area contributed by atoms with Crippen molar-refractivity contribution in [1.29, 1.82) is 0 Å². The Bertz CT molecular complexity index is 574. The molecule has 122 valence electrons. The van der Waals surface area contributed by atoms with Crippen LogP contribution in [0.3, 0.4) is 0 Å². The summed E-state index contributed by atoms with van der Waals surface area (Å²) in [6.45, 7) is 1.83. The van der Waals surface area contributed by atoms with E-state index in [4.69, 9.17) is 14.2 Å². The maximum atomic E-state index is 11.4. The molecule has 0 aromatic heterocycles. The van der Waals surface area contributed by atoms with Crippen LogP contribution in [0.1, 0.15) is 0 Å². The predicted molar refractivity (Wildman–Crippen MR) is 88.9 cm³/mol. The number of para-hydroxylation sites is 2. The number of anilines is 1. The number of hydrogen-bond acceptors (Lipinski definition) is 5. The summed E-state index contributed by atoms with van der Waals surface area (Å²) in [6, 6.07) is 18.9. The smallest absolute Gasteiger partial charge is 0.432 e. The zero-order valence-electron chi connectivity index (χ0n) is 13.2. The summed E-state index contributed by atoms with van der Waals surface area (Å²) in [5, 5.41) is 0. The minimum atomic E-state index is -0.721. The van der Waals surface area contributed by atoms with Gasteiger partial charge in [-0.05, 0) is 24.3 Å². The van der Waals surface area contributed by atoms with Crippen molar-refractivity contribution in [3.63, 3.8) is 0 Å². The number of benzene rings is 2. The second kappa shape index (κ2) is 9.48. The summed E-state index contributed by atoms with van der Waals surface area (Å²) in [7, 11) is 2.01. The van der Waals surface area contributed by atoms with Gasteiger partial charge in [0, 0.05) is 19.3 Å². The van der Waals surface area contributed by atoms with Crippen LogP contribution in [0, 0.1) is 0 Å². The van der Waals surface area contributed by atoms with Crippen LogP contribution >= 0.6 is 0 Å². The van der Waals surface area contributed by atoms with Gasteiger partial charge < -0.3 is 19.1 Å². The maximum Gasteiger partial charge on any atom is 0.513 e. The largest absolute Gasteiger partial charge is 0.513 e. The highest BCUT2D eigenvalue weighted by atomic mass is 16.7. The van der Waals surface area contributed by atoms with Gasteiger partial charge in [0.1, 0.15) is 12.4 Å². The summed E-state index contributed by atoms with van der Waals surface area (Å²) in [6.07, 6.45) is -0.721. The van der Waals surface area contributed by atoms with E-state index in [1.54, 1.807) is 24.3 Å². The zero-order valence-corrected chi connectivity index (χ0v) is 13.2. The van der Waals surface area contributed by atoms with Gasteiger partial charge >= 0.3 is 6.16 Å². The molecule has 5 heteroatoms. The Hall–Kier alpha value is -2.53. The Morgan fingerprint density at radius 1 is 0.913 bits per heavy atom. The predicted octanol–water partition coefficient (Wildman–Crippen LogP) is 3.36. The minimum absolute atomic E-state index is 0.167. The van der Waals surface area contributed by atoms with E-state index in [0.29, 0.717) is 19.0 Å². The lowest BCUT2D eigenvalue weighted by atomic mass is 10.3. The van der Waals surface area contributed by atoms with Gasteiger partial charge in [0.25, 0.3) is 0 Å². The lowest BCUT2D eigenvalue weighted by molar-refractivity contribution is 0.0542. The van der Waals surface area contributed by atoms with Gasteiger partial charge in [-0.1, -0.05) is 36.4 Å². The monoisotopic (exact) mass is 315 g/mol. The van der Waals surface area contributed by atoms with Crippen molar-refractivity contribution in [2.45, 2.75) is 0 Å². The molecule has 0 spiro atoms. The second-order valence-electron chi connectivity index (χ2n) is 4.88. The van der Waals surface area contributed by atoms with Gasteiger partial charge in [-0.3, -0.25) is 0 Å². The Morgan fingerprint density at radius 3 is 2.26 bits per heavy atom. The molecule has 2 aromatic rings. The number of hydrogen-bond donors (Lipinski definition) is 0. The number of ether oxygens (including phenoxy) is 3. The van der Waals surface area contributed by atoms with Gasteiger partial charge in [0.2, 0.25) is 0 Å².